The van der Waals surface area contributed by atoms with E-state index in [9.17, 15) is 4.79 Å². The molecular formula is C17H25N3O. The summed E-state index contributed by atoms with van der Waals surface area (Å²) in [5.41, 5.74) is 0.995. The lowest BCUT2D eigenvalue weighted by Crippen LogP contribution is -2.44. The van der Waals surface area contributed by atoms with E-state index >= 15 is 0 Å². The molecule has 1 fully saturated rings. The summed E-state index contributed by atoms with van der Waals surface area (Å²) in [6.45, 7) is 5.61. The number of piperidine rings is 1. The van der Waals surface area contributed by atoms with E-state index in [0.29, 0.717) is 6.04 Å². The standard InChI is InChI=1S/C17H25N3O/c1-2-3-12-20-13-8-16(9-14-20)19-17(21)5-4-15-6-10-18-11-7-15/h4-7,10-11,16H,2-3,8-9,12-14H2,1H3,(H,19,21). The van der Waals surface area contributed by atoms with Gasteiger partial charge in [-0.3, -0.25) is 9.78 Å². The zero-order valence-corrected chi connectivity index (χ0v) is 12.8. The molecule has 0 unspecified atom stereocenters. The number of rotatable bonds is 6. The van der Waals surface area contributed by atoms with Crippen molar-refractivity contribution in [3.63, 3.8) is 0 Å². The number of nitrogens with zero attached hydrogens (tertiary/aromatic N) is 2. The van der Waals surface area contributed by atoms with Gasteiger partial charge < -0.3 is 10.2 Å². The van der Waals surface area contributed by atoms with Crippen molar-refractivity contribution in [1.82, 2.24) is 15.2 Å². The third-order valence-corrected chi connectivity index (χ3v) is 3.90. The maximum absolute atomic E-state index is 11.9. The number of nitrogens with one attached hydrogen (secondary N) is 1. The molecule has 1 aromatic heterocycles. The Hall–Kier alpha value is -1.68. The van der Waals surface area contributed by atoms with Gasteiger partial charge in [0.2, 0.25) is 5.91 Å². The molecule has 114 valence electrons. The first kappa shape index (κ1) is 15.7. The molecule has 1 amide bonds. The molecule has 0 aliphatic carbocycles. The number of aromatic nitrogens is 1. The monoisotopic (exact) mass is 287 g/mol. The maximum Gasteiger partial charge on any atom is 0.244 e. The fraction of sp³-hybridized carbons (Fsp3) is 0.529. The molecule has 1 N–H and O–H groups in total. The lowest BCUT2D eigenvalue weighted by atomic mass is 10.0. The van der Waals surface area contributed by atoms with Gasteiger partial charge in [0, 0.05) is 37.6 Å². The molecule has 0 bridgehead atoms. The van der Waals surface area contributed by atoms with E-state index in [4.69, 9.17) is 0 Å². The van der Waals surface area contributed by atoms with Crippen LogP contribution in [-0.4, -0.2) is 41.5 Å². The van der Waals surface area contributed by atoms with Gasteiger partial charge in [-0.2, -0.15) is 0 Å². The van der Waals surface area contributed by atoms with Crippen molar-refractivity contribution in [3.8, 4) is 0 Å². The zero-order valence-electron chi connectivity index (χ0n) is 12.8. The molecule has 1 aliphatic rings. The Kier molecular flexibility index (Phi) is 6.41. The average molecular weight is 287 g/mol. The van der Waals surface area contributed by atoms with Crippen molar-refractivity contribution < 1.29 is 4.79 Å². The summed E-state index contributed by atoms with van der Waals surface area (Å²) in [6, 6.07) is 4.09. The number of hydrogen-bond donors (Lipinski definition) is 1. The highest BCUT2D eigenvalue weighted by atomic mass is 16.1. The van der Waals surface area contributed by atoms with Crippen molar-refractivity contribution >= 4 is 12.0 Å². The van der Waals surface area contributed by atoms with Crippen LogP contribution in [0.2, 0.25) is 0 Å². The molecule has 21 heavy (non-hydrogen) atoms. The van der Waals surface area contributed by atoms with Gasteiger partial charge in [-0.05, 0) is 49.6 Å². The number of unbranched alkanes of at least 4 members (excludes halogenated alkanes) is 1. The Morgan fingerprint density at radius 2 is 2.10 bits per heavy atom. The smallest absolute Gasteiger partial charge is 0.244 e. The first-order valence-electron chi connectivity index (χ1n) is 7.89. The van der Waals surface area contributed by atoms with Gasteiger partial charge in [0.1, 0.15) is 0 Å². The first-order chi connectivity index (χ1) is 10.3. The molecule has 0 saturated carbocycles. The van der Waals surface area contributed by atoms with Gasteiger partial charge >= 0.3 is 0 Å². The Labute approximate surface area is 127 Å². The molecule has 2 heterocycles. The number of likely N-dealkylation sites (tertiary alicyclic amines) is 1. The molecule has 1 saturated heterocycles. The number of carbonyl (C=O) groups is 1. The van der Waals surface area contributed by atoms with Crippen LogP contribution in [-0.2, 0) is 4.79 Å². The van der Waals surface area contributed by atoms with Gasteiger partial charge in [-0.1, -0.05) is 13.3 Å². The summed E-state index contributed by atoms with van der Waals surface area (Å²) in [7, 11) is 0. The van der Waals surface area contributed by atoms with Crippen LogP contribution >= 0.6 is 0 Å². The molecule has 0 aromatic carbocycles. The highest BCUT2D eigenvalue weighted by Crippen LogP contribution is 2.11. The van der Waals surface area contributed by atoms with Crippen molar-refractivity contribution in [2.75, 3.05) is 19.6 Å². The third-order valence-electron chi connectivity index (χ3n) is 3.90. The average Bonchev–Trinajstić information content (AvgIpc) is 2.53. The van der Waals surface area contributed by atoms with Crippen molar-refractivity contribution in [1.29, 1.82) is 0 Å². The van der Waals surface area contributed by atoms with E-state index in [2.05, 4.69) is 22.1 Å². The molecule has 0 radical (unpaired) electrons. The third kappa shape index (κ3) is 5.68. The van der Waals surface area contributed by atoms with E-state index < -0.39 is 0 Å². The lowest BCUT2D eigenvalue weighted by molar-refractivity contribution is -0.117. The summed E-state index contributed by atoms with van der Waals surface area (Å²) < 4.78 is 0. The summed E-state index contributed by atoms with van der Waals surface area (Å²) in [5, 5.41) is 3.10. The largest absolute Gasteiger partial charge is 0.350 e. The van der Waals surface area contributed by atoms with Crippen LogP contribution in [0.4, 0.5) is 0 Å². The molecule has 4 heteroatoms. The fourth-order valence-corrected chi connectivity index (χ4v) is 2.58. The number of carbonyl (C=O) groups excluding carboxylic acids is 1. The maximum atomic E-state index is 11.9. The fourth-order valence-electron chi connectivity index (χ4n) is 2.58. The van der Waals surface area contributed by atoms with Crippen LogP contribution in [0, 0.1) is 0 Å². The molecule has 1 aromatic rings. The van der Waals surface area contributed by atoms with Gasteiger partial charge in [0.25, 0.3) is 0 Å². The normalized spacial score (nSPS) is 17.2. The number of hydrogen-bond acceptors (Lipinski definition) is 3. The summed E-state index contributed by atoms with van der Waals surface area (Å²) in [4.78, 5) is 18.4. The molecular weight excluding hydrogens is 262 g/mol. The minimum absolute atomic E-state index is 0.00109. The van der Waals surface area contributed by atoms with Crippen molar-refractivity contribution in [2.24, 2.45) is 0 Å². The quantitative estimate of drug-likeness (QED) is 0.818. The van der Waals surface area contributed by atoms with E-state index in [1.807, 2.05) is 18.2 Å². The minimum atomic E-state index is -0.00109. The predicted octanol–water partition coefficient (Wildman–Crippen LogP) is 2.48. The van der Waals surface area contributed by atoms with Crippen LogP contribution in [0.5, 0.6) is 0 Å². The van der Waals surface area contributed by atoms with Crippen LogP contribution in [0.3, 0.4) is 0 Å². The Morgan fingerprint density at radius 3 is 2.76 bits per heavy atom. The topological polar surface area (TPSA) is 45.2 Å². The highest BCUT2D eigenvalue weighted by Gasteiger charge is 2.19. The summed E-state index contributed by atoms with van der Waals surface area (Å²) in [5.74, 6) is -0.00109. The second-order valence-corrected chi connectivity index (χ2v) is 5.59. The molecule has 0 atom stereocenters. The molecule has 4 nitrogen and oxygen atoms in total. The van der Waals surface area contributed by atoms with E-state index in [0.717, 1.165) is 31.5 Å². The van der Waals surface area contributed by atoms with Crippen molar-refractivity contribution in [2.45, 2.75) is 38.6 Å². The van der Waals surface area contributed by atoms with E-state index in [-0.39, 0.29) is 5.91 Å². The molecule has 2 rings (SSSR count). The van der Waals surface area contributed by atoms with Crippen LogP contribution < -0.4 is 5.32 Å². The van der Waals surface area contributed by atoms with Crippen LogP contribution in [0.15, 0.2) is 30.6 Å². The number of pyridine rings is 1. The highest BCUT2D eigenvalue weighted by molar-refractivity contribution is 5.91. The van der Waals surface area contributed by atoms with E-state index in [1.54, 1.807) is 18.5 Å². The van der Waals surface area contributed by atoms with E-state index in [1.165, 1.54) is 19.4 Å². The number of amides is 1. The zero-order chi connectivity index (χ0) is 14.9. The van der Waals surface area contributed by atoms with Crippen molar-refractivity contribution in [3.05, 3.63) is 36.2 Å². The second kappa shape index (κ2) is 8.57. The SMILES string of the molecule is CCCCN1CCC(NC(=O)C=Cc2ccncc2)CC1. The lowest BCUT2D eigenvalue weighted by Gasteiger charge is -2.32. The van der Waals surface area contributed by atoms with Gasteiger partial charge in [0.05, 0.1) is 0 Å². The van der Waals surface area contributed by atoms with Crippen LogP contribution in [0.1, 0.15) is 38.2 Å². The molecule has 1 aliphatic heterocycles. The summed E-state index contributed by atoms with van der Waals surface area (Å²) >= 11 is 0. The van der Waals surface area contributed by atoms with Gasteiger partial charge in [-0.25, -0.2) is 0 Å². The molecule has 0 spiro atoms. The predicted molar refractivity (Wildman–Crippen MR) is 85.8 cm³/mol. The minimum Gasteiger partial charge on any atom is -0.350 e. The Balaban J connectivity index is 1.71. The second-order valence-electron chi connectivity index (χ2n) is 5.59. The summed E-state index contributed by atoms with van der Waals surface area (Å²) in [6.07, 6.45) is 11.5. The Bertz CT molecular complexity index is 450. The van der Waals surface area contributed by atoms with Gasteiger partial charge in [-0.15, -0.1) is 0 Å². The first-order valence-corrected chi connectivity index (χ1v) is 7.89. The van der Waals surface area contributed by atoms with Gasteiger partial charge in [0.15, 0.2) is 0 Å². The Morgan fingerprint density at radius 1 is 1.38 bits per heavy atom. The van der Waals surface area contributed by atoms with Crippen LogP contribution in [0.25, 0.3) is 6.08 Å².